The molecule has 7 heteroatoms. The lowest BCUT2D eigenvalue weighted by Crippen LogP contribution is -2.15. The monoisotopic (exact) mass is 318 g/mol. The van der Waals surface area contributed by atoms with E-state index >= 15 is 0 Å². The molecule has 0 aliphatic carbocycles. The lowest BCUT2D eigenvalue weighted by atomic mass is 10.1. The normalized spacial score (nSPS) is 20.0. The summed E-state index contributed by atoms with van der Waals surface area (Å²) in [6.07, 6.45) is -0.310. The van der Waals surface area contributed by atoms with E-state index in [-0.39, 0.29) is 11.9 Å². The molecule has 0 aromatic heterocycles. The molecule has 1 aliphatic heterocycles. The summed E-state index contributed by atoms with van der Waals surface area (Å²) in [5, 5.41) is -0.403. The van der Waals surface area contributed by atoms with Crippen molar-refractivity contribution in [2.75, 3.05) is 20.8 Å². The van der Waals surface area contributed by atoms with E-state index in [1.807, 2.05) is 30.3 Å². The van der Waals surface area contributed by atoms with Crippen LogP contribution < -0.4 is 0 Å². The van der Waals surface area contributed by atoms with E-state index in [1.165, 1.54) is 25.6 Å². The summed E-state index contributed by atoms with van der Waals surface area (Å²) < 4.78 is 15.6. The number of Topliss-reactive ketones (excluding diaryl/α,β-unsaturated/α-hetero) is 1. The Morgan fingerprint density at radius 1 is 1.42 bits per heavy atom. The second-order valence-corrected chi connectivity index (χ2v) is 10.4. The van der Waals surface area contributed by atoms with E-state index < -0.39 is 10.9 Å². The van der Waals surface area contributed by atoms with Crippen LogP contribution in [0.5, 0.6) is 0 Å². The molecular formula is C12H15O4PS2. The van der Waals surface area contributed by atoms with E-state index in [4.69, 9.17) is 25.6 Å². The summed E-state index contributed by atoms with van der Waals surface area (Å²) in [5.41, 5.74) is -1.60. The summed E-state index contributed by atoms with van der Waals surface area (Å²) in [6.45, 7) is 0.492. The van der Waals surface area contributed by atoms with Crippen molar-refractivity contribution in [2.24, 2.45) is 0 Å². The Bertz CT molecular complexity index is 482. The molecular weight excluding hydrogens is 303 g/mol. The third-order valence-electron chi connectivity index (χ3n) is 2.69. The standard InChI is InChI=1S/C12H15O4PS2/c1-14-17(18,15-2)19-12(11(13)10-8-16-10)9-6-4-3-5-7-9/h3-7,10,12H,8H2,1-2H3. The molecule has 0 saturated carbocycles. The minimum atomic E-state index is -2.49. The molecule has 2 unspecified atom stereocenters. The van der Waals surface area contributed by atoms with Crippen LogP contribution in [-0.4, -0.2) is 32.7 Å². The second kappa shape index (κ2) is 6.48. The van der Waals surface area contributed by atoms with Gasteiger partial charge in [0.25, 0.3) is 0 Å². The van der Waals surface area contributed by atoms with E-state index in [0.717, 1.165) is 5.56 Å². The van der Waals surface area contributed by atoms with Crippen LogP contribution in [0.15, 0.2) is 30.3 Å². The number of rotatable bonds is 7. The van der Waals surface area contributed by atoms with Gasteiger partial charge in [-0.05, 0) is 17.4 Å². The maximum absolute atomic E-state index is 12.3. The van der Waals surface area contributed by atoms with Gasteiger partial charge in [-0.1, -0.05) is 41.7 Å². The molecule has 1 aliphatic rings. The molecule has 19 heavy (non-hydrogen) atoms. The molecule has 1 aromatic rings. The molecule has 2 rings (SSSR count). The lowest BCUT2D eigenvalue weighted by Gasteiger charge is -2.22. The Labute approximate surface area is 121 Å². The summed E-state index contributed by atoms with van der Waals surface area (Å²) in [4.78, 5) is 12.3. The molecule has 0 spiro atoms. The van der Waals surface area contributed by atoms with Gasteiger partial charge in [0.05, 0.1) is 6.61 Å². The highest BCUT2D eigenvalue weighted by Crippen LogP contribution is 2.65. The number of hydrogen-bond acceptors (Lipinski definition) is 6. The van der Waals surface area contributed by atoms with Gasteiger partial charge in [0.15, 0.2) is 5.78 Å². The number of carbonyl (C=O) groups excluding carboxylic acids is 1. The molecule has 2 atom stereocenters. The molecule has 0 bridgehead atoms. The summed E-state index contributed by atoms with van der Waals surface area (Å²) in [6, 6.07) is 9.51. The van der Waals surface area contributed by atoms with Gasteiger partial charge < -0.3 is 13.8 Å². The predicted octanol–water partition coefficient (Wildman–Crippen LogP) is 2.95. The first-order chi connectivity index (χ1) is 9.09. The minimum Gasteiger partial charge on any atom is -0.365 e. The van der Waals surface area contributed by atoms with Gasteiger partial charge in [0.2, 0.25) is 5.69 Å². The van der Waals surface area contributed by atoms with Gasteiger partial charge in [-0.3, -0.25) is 4.79 Å². The van der Waals surface area contributed by atoms with Crippen LogP contribution in [-0.2, 0) is 30.4 Å². The topological polar surface area (TPSA) is 48.1 Å². The number of ketones is 1. The number of benzene rings is 1. The van der Waals surface area contributed by atoms with Crippen molar-refractivity contribution >= 4 is 34.7 Å². The Balaban J connectivity index is 2.24. The van der Waals surface area contributed by atoms with Gasteiger partial charge in [-0.2, -0.15) is 0 Å². The van der Waals surface area contributed by atoms with E-state index in [1.54, 1.807) is 0 Å². The first kappa shape index (κ1) is 15.2. The van der Waals surface area contributed by atoms with Gasteiger partial charge in [-0.15, -0.1) is 0 Å². The van der Waals surface area contributed by atoms with Crippen LogP contribution in [0, 0.1) is 0 Å². The van der Waals surface area contributed by atoms with Crippen LogP contribution in [0.25, 0.3) is 0 Å². The zero-order chi connectivity index (χ0) is 13.9. The maximum atomic E-state index is 12.3. The fourth-order valence-electron chi connectivity index (χ4n) is 1.58. The zero-order valence-corrected chi connectivity index (χ0v) is 13.2. The fourth-order valence-corrected chi connectivity index (χ4v) is 5.43. The Morgan fingerprint density at radius 3 is 2.47 bits per heavy atom. The summed E-state index contributed by atoms with van der Waals surface area (Å²) >= 11 is 6.62. The molecule has 0 amide bonds. The lowest BCUT2D eigenvalue weighted by molar-refractivity contribution is -0.119. The van der Waals surface area contributed by atoms with Crippen molar-refractivity contribution in [1.29, 1.82) is 0 Å². The van der Waals surface area contributed by atoms with Gasteiger partial charge in [0.1, 0.15) is 11.4 Å². The first-order valence-corrected chi connectivity index (χ1v) is 9.82. The van der Waals surface area contributed by atoms with E-state index in [9.17, 15) is 4.79 Å². The van der Waals surface area contributed by atoms with Crippen molar-refractivity contribution in [3.8, 4) is 0 Å². The highest BCUT2D eigenvalue weighted by atomic mass is 32.9. The van der Waals surface area contributed by atoms with Crippen molar-refractivity contribution < 1.29 is 18.6 Å². The maximum Gasteiger partial charge on any atom is 0.247 e. The Hall–Kier alpha value is -0.230. The van der Waals surface area contributed by atoms with Gasteiger partial charge in [-0.25, -0.2) is 0 Å². The number of hydrogen-bond donors (Lipinski definition) is 0. The quantitative estimate of drug-likeness (QED) is 0.569. The number of epoxide rings is 1. The van der Waals surface area contributed by atoms with Crippen LogP contribution in [0.4, 0.5) is 0 Å². The molecule has 1 saturated heterocycles. The Morgan fingerprint density at radius 2 is 2.00 bits per heavy atom. The third-order valence-corrected chi connectivity index (χ3v) is 8.53. The van der Waals surface area contributed by atoms with Crippen LogP contribution in [0.3, 0.4) is 0 Å². The molecule has 0 radical (unpaired) electrons. The minimum absolute atomic E-state index is 0.0273. The van der Waals surface area contributed by atoms with Crippen LogP contribution >= 0.6 is 17.1 Å². The average Bonchev–Trinajstić information content (AvgIpc) is 3.29. The van der Waals surface area contributed by atoms with E-state index in [2.05, 4.69) is 0 Å². The van der Waals surface area contributed by atoms with Crippen LogP contribution in [0.1, 0.15) is 10.8 Å². The number of carbonyl (C=O) groups is 1. The largest absolute Gasteiger partial charge is 0.365 e. The van der Waals surface area contributed by atoms with Crippen molar-refractivity contribution in [3.05, 3.63) is 35.9 Å². The van der Waals surface area contributed by atoms with Crippen LogP contribution in [0.2, 0.25) is 0 Å². The van der Waals surface area contributed by atoms with Crippen molar-refractivity contribution in [1.82, 2.24) is 0 Å². The summed E-state index contributed by atoms with van der Waals surface area (Å²) in [5.74, 6) is 0.0273. The predicted molar refractivity (Wildman–Crippen MR) is 79.8 cm³/mol. The fraction of sp³-hybridized carbons (Fsp3) is 0.417. The van der Waals surface area contributed by atoms with Gasteiger partial charge in [0, 0.05) is 14.2 Å². The second-order valence-electron chi connectivity index (χ2n) is 3.93. The highest BCUT2D eigenvalue weighted by molar-refractivity contribution is 8.68. The average molecular weight is 318 g/mol. The van der Waals surface area contributed by atoms with Crippen molar-refractivity contribution in [3.63, 3.8) is 0 Å². The zero-order valence-electron chi connectivity index (χ0n) is 10.6. The van der Waals surface area contributed by atoms with Gasteiger partial charge >= 0.3 is 0 Å². The number of ether oxygens (including phenoxy) is 1. The molecule has 1 fully saturated rings. The molecule has 0 N–H and O–H groups in total. The molecule has 104 valence electrons. The SMILES string of the molecule is COP(=S)(OC)SC(C(=O)C1CO1)c1ccccc1. The van der Waals surface area contributed by atoms with Crippen molar-refractivity contribution in [2.45, 2.75) is 11.4 Å². The molecule has 1 aromatic carbocycles. The Kier molecular flexibility index (Phi) is 5.17. The molecule has 1 heterocycles. The third kappa shape index (κ3) is 3.88. The highest BCUT2D eigenvalue weighted by Gasteiger charge is 2.40. The molecule has 4 nitrogen and oxygen atoms in total. The summed E-state index contributed by atoms with van der Waals surface area (Å²) in [7, 11) is 3.02. The smallest absolute Gasteiger partial charge is 0.247 e. The first-order valence-electron chi connectivity index (χ1n) is 5.70. The van der Waals surface area contributed by atoms with E-state index in [0.29, 0.717) is 6.61 Å².